The summed E-state index contributed by atoms with van der Waals surface area (Å²) in [6, 6.07) is 19.1. The molecule has 0 aromatic heterocycles. The first kappa shape index (κ1) is 27.7. The van der Waals surface area contributed by atoms with E-state index in [1.165, 1.54) is 6.21 Å². The number of rotatable bonds is 11. The lowest BCUT2D eigenvalue weighted by atomic mass is 10.0. The Morgan fingerprint density at radius 3 is 2.27 bits per heavy atom. The maximum absolute atomic E-state index is 12.8. The van der Waals surface area contributed by atoms with Crippen LogP contribution in [-0.2, 0) is 11.4 Å². The summed E-state index contributed by atoms with van der Waals surface area (Å²) in [4.78, 5) is 25.4. The number of halogens is 1. The summed E-state index contributed by atoms with van der Waals surface area (Å²) in [5.41, 5.74) is 4.67. The highest BCUT2D eigenvalue weighted by Crippen LogP contribution is 2.28. The number of hydrogen-bond donors (Lipinski definition) is 2. The van der Waals surface area contributed by atoms with Crippen LogP contribution < -0.4 is 25.0 Å². The second kappa shape index (κ2) is 13.5. The van der Waals surface area contributed by atoms with Gasteiger partial charge in [0.15, 0.2) is 11.5 Å². The lowest BCUT2D eigenvalue weighted by Gasteiger charge is -2.20. The lowest BCUT2D eigenvalue weighted by molar-refractivity contribution is -0.123. The molecule has 0 saturated carbocycles. The third-order valence-electron chi connectivity index (χ3n) is 5.47. The fourth-order valence-electron chi connectivity index (χ4n) is 3.37. The van der Waals surface area contributed by atoms with E-state index in [2.05, 4.69) is 31.8 Å². The lowest BCUT2D eigenvalue weighted by Crippen LogP contribution is -2.48. The quantitative estimate of drug-likeness (QED) is 0.252. The fourth-order valence-corrected chi connectivity index (χ4v) is 3.63. The molecule has 194 valence electrons. The number of carbonyl (C=O) groups excluding carboxylic acids is 2. The minimum absolute atomic E-state index is 0.153. The van der Waals surface area contributed by atoms with Crippen LogP contribution in [-0.4, -0.2) is 38.3 Å². The van der Waals surface area contributed by atoms with E-state index in [-0.39, 0.29) is 11.8 Å². The molecule has 0 saturated heterocycles. The van der Waals surface area contributed by atoms with Gasteiger partial charge >= 0.3 is 0 Å². The van der Waals surface area contributed by atoms with Crippen LogP contribution in [0, 0.1) is 5.92 Å². The molecular formula is C28H30BrN3O5. The Morgan fingerprint density at radius 2 is 1.65 bits per heavy atom. The van der Waals surface area contributed by atoms with E-state index in [9.17, 15) is 9.59 Å². The van der Waals surface area contributed by atoms with Gasteiger partial charge in [-0.15, -0.1) is 0 Å². The standard InChI is InChI=1S/C28H30BrN3O5/c1-18(2)26(31-27(33)21-8-12-23(35-3)13-9-21)28(34)32-30-16-20-7-14-24(25(15-20)36-4)37-17-19-5-10-22(29)11-6-19/h5-16,18,26H,17H2,1-4H3,(H,31,33)(H,32,34). The molecule has 2 amide bonds. The number of benzene rings is 3. The molecular weight excluding hydrogens is 538 g/mol. The first-order chi connectivity index (χ1) is 17.8. The number of hydrogen-bond acceptors (Lipinski definition) is 6. The average molecular weight is 568 g/mol. The number of nitrogens with zero attached hydrogens (tertiary/aromatic N) is 1. The van der Waals surface area contributed by atoms with Crippen LogP contribution in [0.1, 0.15) is 35.3 Å². The molecule has 9 heteroatoms. The van der Waals surface area contributed by atoms with Gasteiger partial charge in [0.05, 0.1) is 20.4 Å². The second-order valence-corrected chi connectivity index (χ2v) is 9.40. The van der Waals surface area contributed by atoms with Crippen LogP contribution in [0.3, 0.4) is 0 Å². The number of carbonyl (C=O) groups is 2. The van der Waals surface area contributed by atoms with E-state index in [4.69, 9.17) is 14.2 Å². The van der Waals surface area contributed by atoms with E-state index in [1.807, 2.05) is 38.1 Å². The average Bonchev–Trinajstić information content (AvgIpc) is 2.91. The molecule has 0 radical (unpaired) electrons. The van der Waals surface area contributed by atoms with Crippen LogP contribution in [0.2, 0.25) is 0 Å². The number of hydrazone groups is 1. The molecule has 0 spiro atoms. The third kappa shape index (κ3) is 8.08. The van der Waals surface area contributed by atoms with Crippen LogP contribution in [0.25, 0.3) is 0 Å². The summed E-state index contributed by atoms with van der Waals surface area (Å²) >= 11 is 3.42. The van der Waals surface area contributed by atoms with Crippen molar-refractivity contribution >= 4 is 34.0 Å². The summed E-state index contributed by atoms with van der Waals surface area (Å²) in [5.74, 6) is 0.843. The van der Waals surface area contributed by atoms with Gasteiger partial charge in [-0.25, -0.2) is 5.43 Å². The van der Waals surface area contributed by atoms with Crippen molar-refractivity contribution in [3.8, 4) is 17.2 Å². The summed E-state index contributed by atoms with van der Waals surface area (Å²) in [6.07, 6.45) is 1.50. The van der Waals surface area contributed by atoms with Gasteiger partial charge in [-0.1, -0.05) is 41.9 Å². The van der Waals surface area contributed by atoms with Gasteiger partial charge in [0, 0.05) is 10.0 Å². The van der Waals surface area contributed by atoms with Crippen LogP contribution >= 0.6 is 15.9 Å². The van der Waals surface area contributed by atoms with Gasteiger partial charge in [0.2, 0.25) is 0 Å². The van der Waals surface area contributed by atoms with Gasteiger partial charge < -0.3 is 19.5 Å². The predicted molar refractivity (Wildman–Crippen MR) is 146 cm³/mol. The highest BCUT2D eigenvalue weighted by Gasteiger charge is 2.24. The Morgan fingerprint density at radius 1 is 0.946 bits per heavy atom. The molecule has 0 aliphatic heterocycles. The fraction of sp³-hybridized carbons (Fsp3) is 0.250. The topological polar surface area (TPSA) is 98.2 Å². The molecule has 3 aromatic rings. The Balaban J connectivity index is 1.59. The molecule has 3 rings (SSSR count). The minimum Gasteiger partial charge on any atom is -0.497 e. The largest absolute Gasteiger partial charge is 0.497 e. The van der Waals surface area contributed by atoms with Crippen LogP contribution in [0.5, 0.6) is 17.2 Å². The van der Waals surface area contributed by atoms with Crippen molar-refractivity contribution in [3.63, 3.8) is 0 Å². The molecule has 37 heavy (non-hydrogen) atoms. The smallest absolute Gasteiger partial charge is 0.262 e. The molecule has 1 unspecified atom stereocenters. The molecule has 0 aliphatic carbocycles. The summed E-state index contributed by atoms with van der Waals surface area (Å²) in [7, 11) is 3.11. The first-order valence-electron chi connectivity index (χ1n) is 11.6. The van der Waals surface area contributed by atoms with Crippen molar-refractivity contribution in [2.24, 2.45) is 11.0 Å². The van der Waals surface area contributed by atoms with Crippen molar-refractivity contribution < 1.29 is 23.8 Å². The summed E-state index contributed by atoms with van der Waals surface area (Å²) in [5, 5.41) is 6.83. The predicted octanol–water partition coefficient (Wildman–Crippen LogP) is 4.95. The van der Waals surface area contributed by atoms with Crippen molar-refractivity contribution in [2.75, 3.05) is 14.2 Å². The van der Waals surface area contributed by atoms with E-state index < -0.39 is 11.9 Å². The third-order valence-corrected chi connectivity index (χ3v) is 6.00. The van der Waals surface area contributed by atoms with Gasteiger partial charge in [0.1, 0.15) is 18.4 Å². The monoisotopic (exact) mass is 567 g/mol. The number of methoxy groups -OCH3 is 2. The van der Waals surface area contributed by atoms with Crippen molar-refractivity contribution in [1.82, 2.24) is 10.7 Å². The van der Waals surface area contributed by atoms with Gasteiger partial charge in [-0.05, 0) is 71.6 Å². The van der Waals surface area contributed by atoms with E-state index >= 15 is 0 Å². The Hall–Kier alpha value is -3.85. The van der Waals surface area contributed by atoms with E-state index in [0.717, 1.165) is 10.0 Å². The van der Waals surface area contributed by atoms with Crippen molar-refractivity contribution in [3.05, 3.63) is 87.9 Å². The zero-order chi connectivity index (χ0) is 26.8. The number of ether oxygens (including phenoxy) is 3. The Labute approximate surface area is 225 Å². The maximum atomic E-state index is 12.8. The summed E-state index contributed by atoms with van der Waals surface area (Å²) in [6.45, 7) is 4.09. The highest BCUT2D eigenvalue weighted by molar-refractivity contribution is 9.10. The molecule has 8 nitrogen and oxygen atoms in total. The van der Waals surface area contributed by atoms with Gasteiger partial charge in [0.25, 0.3) is 11.8 Å². The molecule has 1 atom stereocenters. The first-order valence-corrected chi connectivity index (χ1v) is 12.4. The molecule has 0 aliphatic rings. The summed E-state index contributed by atoms with van der Waals surface area (Å²) < 4.78 is 17.5. The molecule has 0 heterocycles. The second-order valence-electron chi connectivity index (χ2n) is 8.48. The number of amides is 2. The van der Waals surface area contributed by atoms with Gasteiger partial charge in [-0.2, -0.15) is 5.10 Å². The van der Waals surface area contributed by atoms with Crippen LogP contribution in [0.15, 0.2) is 76.3 Å². The van der Waals surface area contributed by atoms with Crippen molar-refractivity contribution in [2.45, 2.75) is 26.5 Å². The zero-order valence-corrected chi connectivity index (χ0v) is 22.7. The van der Waals surface area contributed by atoms with Crippen molar-refractivity contribution in [1.29, 1.82) is 0 Å². The van der Waals surface area contributed by atoms with E-state index in [1.54, 1.807) is 56.7 Å². The Bertz CT molecular complexity index is 1230. The number of nitrogens with one attached hydrogen (secondary N) is 2. The molecule has 0 bridgehead atoms. The zero-order valence-electron chi connectivity index (χ0n) is 21.2. The minimum atomic E-state index is -0.768. The SMILES string of the molecule is COc1ccc(C(=O)NC(C(=O)NN=Cc2ccc(OCc3ccc(Br)cc3)c(OC)c2)C(C)C)cc1. The van der Waals surface area contributed by atoms with Gasteiger partial charge in [-0.3, -0.25) is 9.59 Å². The Kier molecular flexibility index (Phi) is 10.1. The van der Waals surface area contributed by atoms with Crippen LogP contribution in [0.4, 0.5) is 0 Å². The normalized spacial score (nSPS) is 11.7. The highest BCUT2D eigenvalue weighted by atomic mass is 79.9. The molecule has 0 fully saturated rings. The van der Waals surface area contributed by atoms with E-state index in [0.29, 0.717) is 35.0 Å². The maximum Gasteiger partial charge on any atom is 0.262 e. The molecule has 2 N–H and O–H groups in total. The molecule has 3 aromatic carbocycles.